The van der Waals surface area contributed by atoms with Crippen molar-refractivity contribution < 1.29 is 0 Å². The van der Waals surface area contributed by atoms with Gasteiger partial charge < -0.3 is 15.5 Å². The first-order chi connectivity index (χ1) is 13.5. The highest BCUT2D eigenvalue weighted by Crippen LogP contribution is 2.33. The van der Waals surface area contributed by atoms with Gasteiger partial charge in [0.15, 0.2) is 5.11 Å². The Bertz CT molecular complexity index is 850. The van der Waals surface area contributed by atoms with E-state index in [0.29, 0.717) is 6.04 Å². The maximum Gasteiger partial charge on any atom is 0.173 e. The van der Waals surface area contributed by atoms with Crippen LogP contribution in [0.2, 0.25) is 5.02 Å². The Morgan fingerprint density at radius 3 is 2.52 bits per heavy atom. The van der Waals surface area contributed by atoms with E-state index in [4.69, 9.17) is 23.8 Å². The third kappa shape index (κ3) is 5.91. The van der Waals surface area contributed by atoms with Crippen LogP contribution in [0.15, 0.2) is 42.7 Å². The summed E-state index contributed by atoms with van der Waals surface area (Å²) in [6, 6.07) is 10.3. The molecular weight excluding hydrogens is 400 g/mol. The minimum atomic E-state index is 0.0338. The molecule has 0 saturated carbocycles. The molecule has 0 aliphatic carbocycles. The molecular formula is C23H31ClN4S. The molecule has 1 saturated heterocycles. The molecule has 0 atom stereocenters. The van der Waals surface area contributed by atoms with E-state index in [0.717, 1.165) is 46.3 Å². The Labute approximate surface area is 185 Å². The zero-order valence-electron chi connectivity index (χ0n) is 17.9. The summed E-state index contributed by atoms with van der Waals surface area (Å²) in [5.41, 5.74) is 3.21. The van der Waals surface area contributed by atoms with Gasteiger partial charge in [0.1, 0.15) is 0 Å². The number of pyridine rings is 1. The molecule has 0 amide bonds. The highest BCUT2D eigenvalue weighted by molar-refractivity contribution is 7.80. The highest BCUT2D eigenvalue weighted by atomic mass is 35.5. The van der Waals surface area contributed by atoms with Crippen molar-refractivity contribution in [2.45, 2.75) is 71.1 Å². The second-order valence-electron chi connectivity index (χ2n) is 9.34. The van der Waals surface area contributed by atoms with Crippen LogP contribution in [-0.4, -0.2) is 32.1 Å². The van der Waals surface area contributed by atoms with Gasteiger partial charge in [-0.2, -0.15) is 0 Å². The van der Waals surface area contributed by atoms with E-state index in [9.17, 15) is 0 Å². The Balaban J connectivity index is 1.87. The molecule has 2 heterocycles. The first-order valence-corrected chi connectivity index (χ1v) is 10.9. The van der Waals surface area contributed by atoms with E-state index in [1.54, 1.807) is 6.20 Å². The fourth-order valence-electron chi connectivity index (χ4n) is 4.46. The van der Waals surface area contributed by atoms with Crippen molar-refractivity contribution in [3.05, 3.63) is 58.9 Å². The molecule has 1 fully saturated rings. The standard InChI is InChI=1S/C23H31ClN4S/c1-16-11-18(8-9-20(16)24)26-21(29)28(15-17-7-6-10-25-14-17)19-12-22(2,3)27-23(4,5)13-19/h6-11,14,19,27H,12-13,15H2,1-5H3,(H,26,29). The van der Waals surface area contributed by atoms with Crippen molar-refractivity contribution >= 4 is 34.6 Å². The van der Waals surface area contributed by atoms with E-state index in [2.05, 4.69) is 54.3 Å². The zero-order chi connectivity index (χ0) is 21.2. The van der Waals surface area contributed by atoms with Crippen molar-refractivity contribution in [1.29, 1.82) is 0 Å². The summed E-state index contributed by atoms with van der Waals surface area (Å²) in [5.74, 6) is 0. The number of hydrogen-bond acceptors (Lipinski definition) is 3. The number of benzene rings is 1. The van der Waals surface area contributed by atoms with Gasteiger partial charge in [-0.25, -0.2) is 0 Å². The second-order valence-corrected chi connectivity index (χ2v) is 10.1. The first-order valence-electron chi connectivity index (χ1n) is 10.1. The summed E-state index contributed by atoms with van der Waals surface area (Å²) in [5, 5.41) is 8.70. The molecule has 1 aliphatic heterocycles. The fraction of sp³-hybridized carbons (Fsp3) is 0.478. The summed E-state index contributed by atoms with van der Waals surface area (Å²) in [6.07, 6.45) is 5.74. The van der Waals surface area contributed by atoms with Gasteiger partial charge in [0.2, 0.25) is 0 Å². The van der Waals surface area contributed by atoms with Gasteiger partial charge in [0, 0.05) is 46.8 Å². The lowest BCUT2D eigenvalue weighted by molar-refractivity contribution is 0.101. The quantitative estimate of drug-likeness (QED) is 0.622. The number of aryl methyl sites for hydroxylation is 1. The number of piperidine rings is 1. The minimum Gasteiger partial charge on any atom is -0.342 e. The topological polar surface area (TPSA) is 40.2 Å². The van der Waals surface area contributed by atoms with Crippen LogP contribution in [0.25, 0.3) is 0 Å². The molecule has 4 nitrogen and oxygen atoms in total. The van der Waals surface area contributed by atoms with Crippen molar-refractivity contribution in [2.24, 2.45) is 0 Å². The largest absolute Gasteiger partial charge is 0.342 e. The number of nitrogens with zero attached hydrogens (tertiary/aromatic N) is 2. The number of halogens is 1. The van der Waals surface area contributed by atoms with Crippen LogP contribution >= 0.6 is 23.8 Å². The molecule has 2 aromatic rings. The van der Waals surface area contributed by atoms with Gasteiger partial charge in [0.05, 0.1) is 0 Å². The first kappa shape index (κ1) is 22.0. The van der Waals surface area contributed by atoms with Crippen LogP contribution in [0.3, 0.4) is 0 Å². The van der Waals surface area contributed by atoms with Crippen molar-refractivity contribution in [1.82, 2.24) is 15.2 Å². The lowest BCUT2D eigenvalue weighted by atomic mass is 9.79. The number of thiocarbonyl (C=S) groups is 1. The van der Waals surface area contributed by atoms with Gasteiger partial charge >= 0.3 is 0 Å². The molecule has 0 spiro atoms. The maximum absolute atomic E-state index is 6.19. The van der Waals surface area contributed by atoms with E-state index >= 15 is 0 Å². The predicted molar refractivity (Wildman–Crippen MR) is 127 cm³/mol. The van der Waals surface area contributed by atoms with E-state index in [-0.39, 0.29) is 11.1 Å². The average molecular weight is 431 g/mol. The van der Waals surface area contributed by atoms with Crippen LogP contribution in [0.4, 0.5) is 5.69 Å². The van der Waals surface area contributed by atoms with Crippen LogP contribution in [0.5, 0.6) is 0 Å². The van der Waals surface area contributed by atoms with Gasteiger partial charge in [-0.15, -0.1) is 0 Å². The molecule has 6 heteroatoms. The van der Waals surface area contributed by atoms with Gasteiger partial charge in [-0.1, -0.05) is 17.7 Å². The minimum absolute atomic E-state index is 0.0338. The number of anilines is 1. The number of hydrogen-bond donors (Lipinski definition) is 2. The molecule has 1 aromatic heterocycles. The summed E-state index contributed by atoms with van der Waals surface area (Å²) in [4.78, 5) is 6.61. The van der Waals surface area contributed by atoms with Crippen molar-refractivity contribution in [3.63, 3.8) is 0 Å². The smallest absolute Gasteiger partial charge is 0.173 e. The summed E-state index contributed by atoms with van der Waals surface area (Å²) >= 11 is 12.1. The molecule has 0 unspecified atom stereocenters. The monoisotopic (exact) mass is 430 g/mol. The molecule has 1 aliphatic rings. The van der Waals surface area contributed by atoms with Gasteiger partial charge in [-0.05, 0) is 95.1 Å². The lowest BCUT2D eigenvalue weighted by Gasteiger charge is -2.50. The third-order valence-corrected chi connectivity index (χ3v) is 6.12. The Morgan fingerprint density at radius 1 is 1.24 bits per heavy atom. The van der Waals surface area contributed by atoms with E-state index in [1.165, 1.54) is 0 Å². The van der Waals surface area contributed by atoms with Gasteiger partial charge in [-0.3, -0.25) is 4.98 Å². The van der Waals surface area contributed by atoms with Crippen LogP contribution in [0, 0.1) is 6.92 Å². The summed E-state index contributed by atoms with van der Waals surface area (Å²) in [7, 11) is 0. The molecule has 0 bridgehead atoms. The fourth-order valence-corrected chi connectivity index (χ4v) is 4.91. The van der Waals surface area contributed by atoms with Crippen molar-refractivity contribution in [2.75, 3.05) is 5.32 Å². The Morgan fingerprint density at radius 2 is 1.93 bits per heavy atom. The molecule has 0 radical (unpaired) electrons. The maximum atomic E-state index is 6.19. The molecule has 156 valence electrons. The van der Waals surface area contributed by atoms with Crippen LogP contribution < -0.4 is 10.6 Å². The van der Waals surface area contributed by atoms with E-state index < -0.39 is 0 Å². The third-order valence-electron chi connectivity index (χ3n) is 5.36. The SMILES string of the molecule is Cc1cc(NC(=S)N(Cc2cccnc2)C2CC(C)(C)NC(C)(C)C2)ccc1Cl. The summed E-state index contributed by atoms with van der Waals surface area (Å²) in [6.45, 7) is 11.8. The van der Waals surface area contributed by atoms with Crippen LogP contribution in [-0.2, 0) is 6.54 Å². The van der Waals surface area contributed by atoms with Crippen molar-refractivity contribution in [3.8, 4) is 0 Å². The van der Waals surface area contributed by atoms with Gasteiger partial charge in [0.25, 0.3) is 0 Å². The Hall–Kier alpha value is -1.69. The second kappa shape index (κ2) is 8.58. The lowest BCUT2D eigenvalue weighted by Crippen LogP contribution is -2.63. The normalized spacial score (nSPS) is 18.3. The molecule has 2 N–H and O–H groups in total. The number of nitrogens with one attached hydrogen (secondary N) is 2. The predicted octanol–water partition coefficient (Wildman–Crippen LogP) is 5.55. The average Bonchev–Trinajstić information content (AvgIpc) is 2.61. The van der Waals surface area contributed by atoms with E-state index in [1.807, 2.05) is 37.4 Å². The summed E-state index contributed by atoms with van der Waals surface area (Å²) < 4.78 is 0. The van der Waals surface area contributed by atoms with Crippen LogP contribution in [0.1, 0.15) is 51.7 Å². The molecule has 3 rings (SSSR count). The molecule has 29 heavy (non-hydrogen) atoms. The Kier molecular flexibility index (Phi) is 6.51. The number of aromatic nitrogens is 1. The molecule has 1 aromatic carbocycles. The zero-order valence-corrected chi connectivity index (χ0v) is 19.5. The number of rotatable bonds is 4. The highest BCUT2D eigenvalue weighted by Gasteiger charge is 2.40.